The minimum atomic E-state index is -0.447. The second kappa shape index (κ2) is 9.99. The van der Waals surface area contributed by atoms with E-state index >= 15 is 0 Å². The van der Waals surface area contributed by atoms with Crippen LogP contribution in [0.4, 0.5) is 10.1 Å². The normalized spacial score (nSPS) is 11.9. The van der Waals surface area contributed by atoms with Gasteiger partial charge < -0.3 is 10.6 Å². The Morgan fingerprint density at radius 1 is 1.07 bits per heavy atom. The largest absolute Gasteiger partial charge is 0.354 e. The van der Waals surface area contributed by atoms with Crippen LogP contribution in [0.3, 0.4) is 0 Å². The molecule has 5 nitrogen and oxygen atoms in total. The number of rotatable bonds is 8. The number of para-hydroxylation sites is 1. The van der Waals surface area contributed by atoms with Crippen LogP contribution in [0.2, 0.25) is 0 Å². The molecule has 0 bridgehead atoms. The zero-order valence-corrected chi connectivity index (χ0v) is 16.9. The third kappa shape index (κ3) is 6.16. The number of nitrogens with one attached hydrogen (secondary N) is 2. The molecule has 2 rings (SSSR count). The van der Waals surface area contributed by atoms with Gasteiger partial charge in [0.2, 0.25) is 11.8 Å². The van der Waals surface area contributed by atoms with Crippen molar-refractivity contribution in [2.24, 2.45) is 0 Å². The summed E-state index contributed by atoms with van der Waals surface area (Å²) < 4.78 is 12.9. The molecule has 0 radical (unpaired) electrons. The fraction of sp³-hybridized carbons (Fsp3) is 0.364. The molecule has 2 aromatic rings. The molecule has 6 heteroatoms. The molecule has 1 atom stereocenters. The Kier molecular flexibility index (Phi) is 7.70. The summed E-state index contributed by atoms with van der Waals surface area (Å²) in [6, 6.07) is 11.6. The average Bonchev–Trinajstić information content (AvgIpc) is 2.65. The fourth-order valence-electron chi connectivity index (χ4n) is 2.88. The van der Waals surface area contributed by atoms with Gasteiger partial charge in [-0.05, 0) is 63.1 Å². The molecule has 0 aliphatic heterocycles. The lowest BCUT2D eigenvalue weighted by atomic mass is 10.1. The first-order valence-corrected chi connectivity index (χ1v) is 9.36. The molecule has 2 aromatic carbocycles. The molecule has 1 unspecified atom stereocenters. The predicted octanol–water partition coefficient (Wildman–Crippen LogP) is 3.06. The molecule has 150 valence electrons. The van der Waals surface area contributed by atoms with Gasteiger partial charge in [0.15, 0.2) is 0 Å². The summed E-state index contributed by atoms with van der Waals surface area (Å²) in [4.78, 5) is 26.4. The number of carbonyl (C=O) groups is 2. The lowest BCUT2D eigenvalue weighted by molar-refractivity contribution is -0.126. The number of halogens is 1. The number of amides is 2. The molecule has 0 heterocycles. The number of nitrogens with zero attached hydrogens (tertiary/aromatic N) is 1. The first kappa shape index (κ1) is 21.6. The summed E-state index contributed by atoms with van der Waals surface area (Å²) in [5.41, 5.74) is 3.78. The highest BCUT2D eigenvalue weighted by Crippen LogP contribution is 2.19. The molecule has 0 aliphatic rings. The fourth-order valence-corrected chi connectivity index (χ4v) is 2.88. The van der Waals surface area contributed by atoms with E-state index in [1.165, 1.54) is 12.1 Å². The summed E-state index contributed by atoms with van der Waals surface area (Å²) >= 11 is 0. The Balaban J connectivity index is 1.80. The molecule has 28 heavy (non-hydrogen) atoms. The molecular formula is C22H28FN3O2. The third-order valence-electron chi connectivity index (χ3n) is 4.81. The summed E-state index contributed by atoms with van der Waals surface area (Å²) in [7, 11) is 1.74. The van der Waals surface area contributed by atoms with Gasteiger partial charge in [-0.25, -0.2) is 4.39 Å². The van der Waals surface area contributed by atoms with Gasteiger partial charge in [0.1, 0.15) is 5.82 Å². The van der Waals surface area contributed by atoms with Crippen LogP contribution in [-0.4, -0.2) is 42.9 Å². The van der Waals surface area contributed by atoms with Gasteiger partial charge in [-0.3, -0.25) is 14.5 Å². The molecule has 2 N–H and O–H groups in total. The highest BCUT2D eigenvalue weighted by Gasteiger charge is 2.20. The van der Waals surface area contributed by atoms with Crippen LogP contribution in [0.15, 0.2) is 42.5 Å². The maximum absolute atomic E-state index is 12.9. The van der Waals surface area contributed by atoms with E-state index in [2.05, 4.69) is 10.6 Å². The molecule has 0 spiro atoms. The van der Waals surface area contributed by atoms with Crippen LogP contribution in [0.5, 0.6) is 0 Å². The zero-order valence-electron chi connectivity index (χ0n) is 16.9. The van der Waals surface area contributed by atoms with Gasteiger partial charge in [-0.2, -0.15) is 0 Å². The van der Waals surface area contributed by atoms with E-state index in [1.54, 1.807) is 31.0 Å². The third-order valence-corrected chi connectivity index (χ3v) is 4.81. The molecule has 0 saturated heterocycles. The van der Waals surface area contributed by atoms with Crippen molar-refractivity contribution < 1.29 is 14.0 Å². The summed E-state index contributed by atoms with van der Waals surface area (Å²) in [5.74, 6) is -0.586. The first-order chi connectivity index (χ1) is 13.3. The van der Waals surface area contributed by atoms with E-state index < -0.39 is 6.04 Å². The maximum Gasteiger partial charge on any atom is 0.238 e. The van der Waals surface area contributed by atoms with Crippen LogP contribution in [0.25, 0.3) is 0 Å². The Morgan fingerprint density at radius 3 is 2.29 bits per heavy atom. The van der Waals surface area contributed by atoms with Crippen molar-refractivity contribution in [1.82, 2.24) is 10.2 Å². The number of hydrogen-bond acceptors (Lipinski definition) is 3. The van der Waals surface area contributed by atoms with E-state index in [0.717, 1.165) is 22.4 Å². The average molecular weight is 385 g/mol. The Bertz CT molecular complexity index is 801. The highest BCUT2D eigenvalue weighted by molar-refractivity contribution is 5.94. The molecule has 0 saturated carbocycles. The number of anilines is 1. The standard InChI is InChI=1S/C22H28FN3O2/c1-15-6-5-7-16(2)21(15)25-20(27)14-26(4)17(3)22(28)24-13-12-18-8-10-19(23)11-9-18/h5-11,17H,12-14H2,1-4H3,(H,24,28)(H,25,27). The van der Waals surface area contributed by atoms with Crippen molar-refractivity contribution in [3.8, 4) is 0 Å². The molecule has 0 aromatic heterocycles. The Labute approximate surface area is 165 Å². The molecule has 0 aliphatic carbocycles. The number of carbonyl (C=O) groups excluding carboxylic acids is 2. The lowest BCUT2D eigenvalue weighted by Gasteiger charge is -2.23. The zero-order chi connectivity index (χ0) is 20.7. The topological polar surface area (TPSA) is 61.4 Å². The van der Waals surface area contributed by atoms with Crippen molar-refractivity contribution in [1.29, 1.82) is 0 Å². The predicted molar refractivity (Wildman–Crippen MR) is 110 cm³/mol. The van der Waals surface area contributed by atoms with Gasteiger partial charge in [-0.15, -0.1) is 0 Å². The number of aryl methyl sites for hydroxylation is 2. The highest BCUT2D eigenvalue weighted by atomic mass is 19.1. The summed E-state index contributed by atoms with van der Waals surface area (Å²) in [5, 5.41) is 5.79. The summed E-state index contributed by atoms with van der Waals surface area (Å²) in [6.45, 7) is 6.23. The van der Waals surface area contributed by atoms with Gasteiger partial charge >= 0.3 is 0 Å². The van der Waals surface area contributed by atoms with E-state index in [9.17, 15) is 14.0 Å². The first-order valence-electron chi connectivity index (χ1n) is 9.36. The van der Waals surface area contributed by atoms with Crippen LogP contribution in [0, 0.1) is 19.7 Å². The molecular weight excluding hydrogens is 357 g/mol. The second-order valence-corrected chi connectivity index (χ2v) is 7.07. The van der Waals surface area contributed by atoms with Crippen molar-refractivity contribution >= 4 is 17.5 Å². The number of benzene rings is 2. The van der Waals surface area contributed by atoms with E-state index in [4.69, 9.17) is 0 Å². The maximum atomic E-state index is 12.9. The Morgan fingerprint density at radius 2 is 1.68 bits per heavy atom. The second-order valence-electron chi connectivity index (χ2n) is 7.07. The van der Waals surface area contributed by atoms with E-state index in [1.807, 2.05) is 32.0 Å². The number of hydrogen-bond donors (Lipinski definition) is 2. The Hall–Kier alpha value is -2.73. The van der Waals surface area contributed by atoms with Crippen molar-refractivity contribution in [2.45, 2.75) is 33.2 Å². The van der Waals surface area contributed by atoms with Crippen LogP contribution < -0.4 is 10.6 Å². The minimum Gasteiger partial charge on any atom is -0.354 e. The van der Waals surface area contributed by atoms with Crippen LogP contribution in [0.1, 0.15) is 23.6 Å². The van der Waals surface area contributed by atoms with E-state index in [-0.39, 0.29) is 24.2 Å². The molecule has 2 amide bonds. The quantitative estimate of drug-likeness (QED) is 0.734. The van der Waals surface area contributed by atoms with Crippen LogP contribution in [-0.2, 0) is 16.0 Å². The van der Waals surface area contributed by atoms with Crippen LogP contribution >= 0.6 is 0 Å². The number of likely N-dealkylation sites (N-methyl/N-ethyl adjacent to an activating group) is 1. The SMILES string of the molecule is Cc1cccc(C)c1NC(=O)CN(C)C(C)C(=O)NCCc1ccc(F)cc1. The van der Waals surface area contributed by atoms with Crippen molar-refractivity contribution in [3.63, 3.8) is 0 Å². The van der Waals surface area contributed by atoms with Gasteiger partial charge in [0.25, 0.3) is 0 Å². The lowest BCUT2D eigenvalue weighted by Crippen LogP contribution is -2.46. The van der Waals surface area contributed by atoms with Crippen molar-refractivity contribution in [3.05, 3.63) is 65.0 Å². The molecule has 0 fully saturated rings. The van der Waals surface area contributed by atoms with Crippen molar-refractivity contribution in [2.75, 3.05) is 25.5 Å². The van der Waals surface area contributed by atoms with Gasteiger partial charge in [0.05, 0.1) is 12.6 Å². The van der Waals surface area contributed by atoms with Gasteiger partial charge in [0, 0.05) is 12.2 Å². The minimum absolute atomic E-state index is 0.111. The smallest absolute Gasteiger partial charge is 0.238 e. The monoisotopic (exact) mass is 385 g/mol. The summed E-state index contributed by atoms with van der Waals surface area (Å²) in [6.07, 6.45) is 0.621. The van der Waals surface area contributed by atoms with E-state index in [0.29, 0.717) is 13.0 Å². The van der Waals surface area contributed by atoms with Gasteiger partial charge in [-0.1, -0.05) is 30.3 Å².